The number of carbonyl (C=O) groups excluding carboxylic acids is 1. The summed E-state index contributed by atoms with van der Waals surface area (Å²) in [6, 6.07) is 5.96. The molecule has 1 aliphatic carbocycles. The van der Waals surface area contributed by atoms with Crippen LogP contribution in [-0.2, 0) is 6.42 Å². The lowest BCUT2D eigenvalue weighted by molar-refractivity contribution is 0.0234. The van der Waals surface area contributed by atoms with E-state index >= 15 is 0 Å². The molecule has 7 heteroatoms. The Morgan fingerprint density at radius 2 is 2.12 bits per heavy atom. The van der Waals surface area contributed by atoms with Crippen molar-refractivity contribution in [2.24, 2.45) is 5.92 Å². The highest BCUT2D eigenvalue weighted by Crippen LogP contribution is 2.40. The van der Waals surface area contributed by atoms with E-state index in [1.165, 1.54) is 0 Å². The number of rotatable bonds is 4. The molecule has 0 bridgehead atoms. The number of pyridine rings is 1. The van der Waals surface area contributed by atoms with Crippen molar-refractivity contribution >= 4 is 5.91 Å². The number of ether oxygens (including phenoxy) is 1. The van der Waals surface area contributed by atoms with Gasteiger partial charge in [-0.05, 0) is 42.0 Å². The second kappa shape index (κ2) is 6.64. The van der Waals surface area contributed by atoms with E-state index in [0.29, 0.717) is 25.5 Å². The molecule has 1 aromatic heterocycles. The zero-order chi connectivity index (χ0) is 18.3. The molecule has 1 atom stereocenters. The molecule has 136 valence electrons. The molecule has 1 aromatic carbocycles. The highest BCUT2D eigenvalue weighted by atomic mass is 19.1. The van der Waals surface area contributed by atoms with E-state index in [1.807, 2.05) is 18.2 Å². The van der Waals surface area contributed by atoms with Crippen molar-refractivity contribution < 1.29 is 23.4 Å². The number of nitrogens with zero attached hydrogens (tertiary/aromatic N) is 1. The molecule has 5 nitrogen and oxygen atoms in total. The van der Waals surface area contributed by atoms with Gasteiger partial charge in [0.1, 0.15) is 11.6 Å². The molecule has 0 unspecified atom stereocenters. The number of hydrogen-bond donors (Lipinski definition) is 2. The lowest BCUT2D eigenvalue weighted by Gasteiger charge is -2.38. The summed E-state index contributed by atoms with van der Waals surface area (Å²) in [7, 11) is 0. The summed E-state index contributed by atoms with van der Waals surface area (Å²) in [4.78, 5) is 16.1. The minimum Gasteiger partial charge on any atom is -0.493 e. The summed E-state index contributed by atoms with van der Waals surface area (Å²) in [6.07, 6.45) is 2.33. The van der Waals surface area contributed by atoms with Crippen LogP contribution in [0, 0.1) is 17.6 Å². The topological polar surface area (TPSA) is 71.5 Å². The smallest absolute Gasteiger partial charge is 0.273 e. The van der Waals surface area contributed by atoms with Gasteiger partial charge in [-0.3, -0.25) is 4.79 Å². The monoisotopic (exact) mass is 360 g/mol. The van der Waals surface area contributed by atoms with Crippen molar-refractivity contribution in [3.8, 4) is 5.75 Å². The van der Waals surface area contributed by atoms with Gasteiger partial charge >= 0.3 is 0 Å². The van der Waals surface area contributed by atoms with Crippen molar-refractivity contribution in [2.45, 2.75) is 31.4 Å². The number of halogens is 2. The zero-order valence-corrected chi connectivity index (χ0v) is 13.9. The Labute approximate surface area is 149 Å². The van der Waals surface area contributed by atoms with Gasteiger partial charge in [-0.1, -0.05) is 6.07 Å². The molecule has 4 rings (SSSR count). The molecule has 0 saturated heterocycles. The summed E-state index contributed by atoms with van der Waals surface area (Å²) < 4.78 is 32.4. The van der Waals surface area contributed by atoms with E-state index in [-0.39, 0.29) is 12.0 Å². The number of aliphatic hydroxyl groups excluding tert-OH is 1. The van der Waals surface area contributed by atoms with Crippen LogP contribution in [0.2, 0.25) is 0 Å². The number of aromatic nitrogens is 1. The van der Waals surface area contributed by atoms with E-state index in [2.05, 4.69) is 10.3 Å². The number of aliphatic hydroxyl groups is 1. The third kappa shape index (κ3) is 3.14. The molecule has 26 heavy (non-hydrogen) atoms. The maximum Gasteiger partial charge on any atom is 0.273 e. The SMILES string of the molecule is O=C(N[C@H](c1ccc2c(c1)CCO2)C1CC(O)C1)c1ncc(F)cc1F. The van der Waals surface area contributed by atoms with Gasteiger partial charge < -0.3 is 15.2 Å². The molecule has 0 spiro atoms. The predicted octanol–water partition coefficient (Wildman–Crippen LogP) is 2.54. The number of carbonyl (C=O) groups is 1. The molecule has 0 radical (unpaired) electrons. The standard InChI is InChI=1S/C19H18F2N2O3/c20-13-8-15(21)18(22-9-13)19(25)23-17(12-6-14(24)7-12)11-1-2-16-10(5-11)3-4-26-16/h1-2,5,8-9,12,14,17,24H,3-4,6-7H2,(H,23,25)/t12?,14?,17-/m1/s1. The van der Waals surface area contributed by atoms with Crippen LogP contribution in [0.3, 0.4) is 0 Å². The summed E-state index contributed by atoms with van der Waals surface area (Å²) in [6.45, 7) is 0.628. The lowest BCUT2D eigenvalue weighted by atomic mass is 9.74. The Kier molecular flexibility index (Phi) is 4.32. The fourth-order valence-electron chi connectivity index (χ4n) is 3.57. The van der Waals surface area contributed by atoms with Crippen molar-refractivity contribution in [3.05, 3.63) is 58.9 Å². The predicted molar refractivity (Wildman–Crippen MR) is 88.7 cm³/mol. The van der Waals surface area contributed by atoms with Crippen LogP contribution in [0.1, 0.15) is 40.5 Å². The van der Waals surface area contributed by atoms with Crippen molar-refractivity contribution in [2.75, 3.05) is 6.61 Å². The average Bonchev–Trinajstić information content (AvgIpc) is 3.04. The first-order valence-corrected chi connectivity index (χ1v) is 8.57. The first-order chi connectivity index (χ1) is 12.5. The molecule has 1 aliphatic heterocycles. The molecule has 2 aliphatic rings. The molecular weight excluding hydrogens is 342 g/mol. The number of fused-ring (bicyclic) bond motifs is 1. The Hall–Kier alpha value is -2.54. The second-order valence-corrected chi connectivity index (χ2v) is 6.79. The van der Waals surface area contributed by atoms with E-state index in [0.717, 1.165) is 29.5 Å². The number of amides is 1. The summed E-state index contributed by atoms with van der Waals surface area (Å²) >= 11 is 0. The molecule has 2 heterocycles. The fraction of sp³-hybridized carbons (Fsp3) is 0.368. The molecule has 2 aromatic rings. The maximum absolute atomic E-state index is 13.9. The highest BCUT2D eigenvalue weighted by molar-refractivity contribution is 5.92. The van der Waals surface area contributed by atoms with Gasteiger partial charge in [-0.2, -0.15) is 0 Å². The average molecular weight is 360 g/mol. The van der Waals surface area contributed by atoms with E-state index < -0.39 is 29.3 Å². The fourth-order valence-corrected chi connectivity index (χ4v) is 3.57. The summed E-state index contributed by atoms with van der Waals surface area (Å²) in [5.74, 6) is -1.67. The minimum absolute atomic E-state index is 0.0397. The highest BCUT2D eigenvalue weighted by Gasteiger charge is 2.36. The van der Waals surface area contributed by atoms with Gasteiger partial charge in [0.05, 0.1) is 24.9 Å². The van der Waals surface area contributed by atoms with Crippen LogP contribution >= 0.6 is 0 Å². The second-order valence-electron chi connectivity index (χ2n) is 6.79. The Morgan fingerprint density at radius 3 is 2.85 bits per heavy atom. The van der Waals surface area contributed by atoms with Crippen LogP contribution in [-0.4, -0.2) is 28.7 Å². The van der Waals surface area contributed by atoms with E-state index in [4.69, 9.17) is 4.74 Å². The quantitative estimate of drug-likeness (QED) is 0.879. The Bertz CT molecular complexity index is 853. The molecule has 1 amide bonds. The first kappa shape index (κ1) is 16.9. The van der Waals surface area contributed by atoms with E-state index in [9.17, 15) is 18.7 Å². The largest absolute Gasteiger partial charge is 0.493 e. The van der Waals surface area contributed by atoms with Crippen molar-refractivity contribution in [3.63, 3.8) is 0 Å². The van der Waals surface area contributed by atoms with Crippen LogP contribution in [0.25, 0.3) is 0 Å². The molecular formula is C19H18F2N2O3. The van der Waals surface area contributed by atoms with Gasteiger partial charge in [0.15, 0.2) is 11.5 Å². The first-order valence-electron chi connectivity index (χ1n) is 8.57. The van der Waals surface area contributed by atoms with E-state index in [1.54, 1.807) is 0 Å². The van der Waals surface area contributed by atoms with Crippen molar-refractivity contribution in [1.29, 1.82) is 0 Å². The number of benzene rings is 1. The Balaban J connectivity index is 1.60. The van der Waals surface area contributed by atoms with Gasteiger partial charge in [-0.25, -0.2) is 13.8 Å². The number of nitrogens with one attached hydrogen (secondary N) is 1. The summed E-state index contributed by atoms with van der Waals surface area (Å²) in [5.41, 5.74) is 1.50. The maximum atomic E-state index is 13.9. The van der Waals surface area contributed by atoms with Crippen LogP contribution in [0.5, 0.6) is 5.75 Å². The molecule has 1 fully saturated rings. The van der Waals surface area contributed by atoms with Gasteiger partial charge in [0.25, 0.3) is 5.91 Å². The summed E-state index contributed by atoms with van der Waals surface area (Å²) in [5, 5.41) is 12.5. The molecule has 2 N–H and O–H groups in total. The van der Waals surface area contributed by atoms with Gasteiger partial charge in [-0.15, -0.1) is 0 Å². The van der Waals surface area contributed by atoms with Crippen LogP contribution in [0.15, 0.2) is 30.5 Å². The third-order valence-electron chi connectivity index (χ3n) is 5.00. The zero-order valence-electron chi connectivity index (χ0n) is 13.9. The van der Waals surface area contributed by atoms with Crippen LogP contribution in [0.4, 0.5) is 8.78 Å². The Morgan fingerprint density at radius 1 is 1.31 bits per heavy atom. The number of hydrogen-bond acceptors (Lipinski definition) is 4. The minimum atomic E-state index is -1.00. The molecule has 1 saturated carbocycles. The van der Waals surface area contributed by atoms with Crippen molar-refractivity contribution in [1.82, 2.24) is 10.3 Å². The van der Waals surface area contributed by atoms with Crippen LogP contribution < -0.4 is 10.1 Å². The lowest BCUT2D eigenvalue weighted by Crippen LogP contribution is -2.41. The third-order valence-corrected chi connectivity index (χ3v) is 5.00. The normalized spacial score (nSPS) is 22.1. The van der Waals surface area contributed by atoms with Gasteiger partial charge in [0, 0.05) is 12.5 Å². The van der Waals surface area contributed by atoms with Gasteiger partial charge in [0.2, 0.25) is 0 Å².